The van der Waals surface area contributed by atoms with E-state index in [0.29, 0.717) is 11.3 Å². The first-order valence-corrected chi connectivity index (χ1v) is 7.67. The number of hydrogen-bond acceptors (Lipinski definition) is 5. The fourth-order valence-corrected chi connectivity index (χ4v) is 3.68. The van der Waals surface area contributed by atoms with Crippen molar-refractivity contribution in [3.05, 3.63) is 62.9 Å². The van der Waals surface area contributed by atoms with Crippen LogP contribution in [0.4, 0.5) is 0 Å². The molecule has 0 bridgehead atoms. The summed E-state index contributed by atoms with van der Waals surface area (Å²) in [5.41, 5.74) is -0.290. The Balaban J connectivity index is 1.75. The minimum absolute atomic E-state index is 0.107. The number of aliphatic hydroxyl groups excluding tert-OH is 1. The van der Waals surface area contributed by atoms with E-state index in [9.17, 15) is 19.5 Å². The first-order valence-electron chi connectivity index (χ1n) is 7.67. The highest BCUT2D eigenvalue weighted by molar-refractivity contribution is 6.03. The Labute approximate surface area is 134 Å². The van der Waals surface area contributed by atoms with Gasteiger partial charge in [0.2, 0.25) is 0 Å². The summed E-state index contributed by atoms with van der Waals surface area (Å²) in [4.78, 5) is 37.9. The van der Waals surface area contributed by atoms with Crippen LogP contribution in [0.2, 0.25) is 0 Å². The number of nitrogens with zero attached hydrogens (tertiary/aromatic N) is 3. The van der Waals surface area contributed by atoms with Crippen LogP contribution in [-0.2, 0) is 16.1 Å². The molecule has 0 unspecified atom stereocenters. The van der Waals surface area contributed by atoms with Gasteiger partial charge in [0.15, 0.2) is 5.78 Å². The molecular formula is C16H13N3O5. The Morgan fingerprint density at radius 2 is 1.83 bits per heavy atom. The zero-order chi connectivity index (χ0) is 16.6. The molecule has 1 saturated heterocycles. The van der Waals surface area contributed by atoms with E-state index in [1.165, 1.54) is 9.36 Å². The van der Waals surface area contributed by atoms with E-state index in [0.717, 1.165) is 4.57 Å². The average molecular weight is 327 g/mol. The summed E-state index contributed by atoms with van der Waals surface area (Å²) in [5.74, 6) is -0.214. The van der Waals surface area contributed by atoms with E-state index < -0.39 is 35.7 Å². The normalized spacial score (nSPS) is 30.2. The molecule has 1 aliphatic carbocycles. The first kappa shape index (κ1) is 13.7. The van der Waals surface area contributed by atoms with E-state index in [-0.39, 0.29) is 12.3 Å². The Bertz CT molecular complexity index is 1010. The number of hydrogen-bond donors (Lipinski definition) is 1. The van der Waals surface area contributed by atoms with Crippen LogP contribution in [0, 0.1) is 0 Å². The largest absolute Gasteiger partial charge is 0.388 e. The maximum atomic E-state index is 12.9. The van der Waals surface area contributed by atoms with Gasteiger partial charge < -0.3 is 9.84 Å². The second-order valence-electron chi connectivity index (χ2n) is 6.14. The molecule has 3 aliphatic rings. The molecule has 1 aromatic heterocycles. The number of carbonyl (C=O) groups excluding carboxylic acids is 1. The van der Waals surface area contributed by atoms with Crippen LogP contribution >= 0.6 is 0 Å². The molecular weight excluding hydrogens is 314 g/mol. The molecule has 3 heterocycles. The second-order valence-corrected chi connectivity index (χ2v) is 6.14. The zero-order valence-corrected chi connectivity index (χ0v) is 12.4. The number of aliphatic hydroxyl groups is 1. The van der Waals surface area contributed by atoms with Crippen LogP contribution in [0.25, 0.3) is 5.69 Å². The maximum absolute atomic E-state index is 12.9. The van der Waals surface area contributed by atoms with Crippen molar-refractivity contribution < 1.29 is 14.6 Å². The lowest BCUT2D eigenvalue weighted by atomic mass is 9.85. The number of allylic oxidation sites excluding steroid dienone is 1. The number of ketones is 1. The van der Waals surface area contributed by atoms with Gasteiger partial charge in [0.1, 0.15) is 24.4 Å². The molecule has 8 nitrogen and oxygen atoms in total. The van der Waals surface area contributed by atoms with E-state index >= 15 is 0 Å². The Hall–Kier alpha value is -2.71. The number of aromatic nitrogens is 3. The van der Waals surface area contributed by atoms with Crippen molar-refractivity contribution in [2.75, 3.05) is 0 Å². The lowest BCUT2D eigenvalue weighted by Crippen LogP contribution is -2.47. The number of ether oxygens (including phenoxy) is 1. The van der Waals surface area contributed by atoms with E-state index in [1.54, 1.807) is 36.4 Å². The third-order valence-corrected chi connectivity index (χ3v) is 4.87. The highest BCUT2D eigenvalue weighted by Gasteiger charge is 2.60. The number of para-hydroxylation sites is 1. The van der Waals surface area contributed by atoms with Gasteiger partial charge in [-0.1, -0.05) is 24.3 Å². The molecule has 0 amide bonds. The highest BCUT2D eigenvalue weighted by Crippen LogP contribution is 2.43. The SMILES string of the molecule is O=C1C2=CCn3c(=O)n(-c4ccccc4)c(=O)n3[C@H]2[C@H](O)[C@@H]2O[C@H]12. The summed E-state index contributed by atoms with van der Waals surface area (Å²) < 4.78 is 8.71. The lowest BCUT2D eigenvalue weighted by Gasteiger charge is -2.31. The predicted octanol–water partition coefficient (Wildman–Crippen LogP) is -1.01. The molecule has 1 aromatic carbocycles. The van der Waals surface area contributed by atoms with Crippen molar-refractivity contribution in [2.45, 2.75) is 30.9 Å². The molecule has 1 saturated carbocycles. The van der Waals surface area contributed by atoms with Gasteiger partial charge in [-0.15, -0.1) is 0 Å². The quantitative estimate of drug-likeness (QED) is 0.677. The molecule has 0 spiro atoms. The molecule has 4 atom stereocenters. The molecule has 1 N–H and O–H groups in total. The van der Waals surface area contributed by atoms with Crippen LogP contribution in [-0.4, -0.2) is 43.1 Å². The number of benzene rings is 1. The van der Waals surface area contributed by atoms with Gasteiger partial charge in [-0.05, 0) is 12.1 Å². The maximum Gasteiger partial charge on any atom is 0.352 e. The van der Waals surface area contributed by atoms with Crippen LogP contribution in [0.3, 0.4) is 0 Å². The van der Waals surface area contributed by atoms with E-state index in [4.69, 9.17) is 4.74 Å². The zero-order valence-electron chi connectivity index (χ0n) is 12.4. The van der Waals surface area contributed by atoms with Gasteiger partial charge in [0, 0.05) is 5.57 Å². The van der Waals surface area contributed by atoms with Gasteiger partial charge in [-0.3, -0.25) is 4.79 Å². The molecule has 8 heteroatoms. The van der Waals surface area contributed by atoms with Gasteiger partial charge in [0.25, 0.3) is 0 Å². The standard InChI is InChI=1S/C16H13N3O5/c20-11-9-6-7-17-15(22)18(8-4-2-1-3-5-8)16(23)19(17)10(9)12(21)14-13(11)24-14/h1-6,10,12-14,21H,7H2/t10-,12+,13-,14+/m1/s1. The third kappa shape index (κ3) is 1.56. The summed E-state index contributed by atoms with van der Waals surface area (Å²) in [6, 6.07) is 7.68. The molecule has 2 aliphatic heterocycles. The van der Waals surface area contributed by atoms with Crippen molar-refractivity contribution in [3.63, 3.8) is 0 Å². The Kier molecular flexibility index (Phi) is 2.53. The van der Waals surface area contributed by atoms with E-state index in [1.807, 2.05) is 0 Å². The van der Waals surface area contributed by atoms with Crippen molar-refractivity contribution in [1.29, 1.82) is 0 Å². The highest BCUT2D eigenvalue weighted by atomic mass is 16.6. The van der Waals surface area contributed by atoms with Crippen molar-refractivity contribution in [1.82, 2.24) is 13.9 Å². The van der Waals surface area contributed by atoms with Crippen LogP contribution in [0.15, 0.2) is 51.6 Å². The Morgan fingerprint density at radius 3 is 2.58 bits per heavy atom. The van der Waals surface area contributed by atoms with Crippen molar-refractivity contribution in [2.24, 2.45) is 0 Å². The monoisotopic (exact) mass is 327 g/mol. The summed E-state index contributed by atoms with van der Waals surface area (Å²) in [6.45, 7) is 0.107. The summed E-state index contributed by atoms with van der Waals surface area (Å²) in [7, 11) is 0. The van der Waals surface area contributed by atoms with Crippen LogP contribution in [0.1, 0.15) is 6.04 Å². The van der Waals surface area contributed by atoms with Gasteiger partial charge >= 0.3 is 11.4 Å². The summed E-state index contributed by atoms with van der Waals surface area (Å²) in [6.07, 6.45) is -0.653. The molecule has 5 rings (SSSR count). The number of Topliss-reactive ketones (excluding diaryl/α,β-unsaturated/α-hetero) is 1. The number of rotatable bonds is 1. The smallest absolute Gasteiger partial charge is 0.352 e. The predicted molar refractivity (Wildman–Crippen MR) is 81.1 cm³/mol. The van der Waals surface area contributed by atoms with Crippen LogP contribution in [0.5, 0.6) is 0 Å². The topological polar surface area (TPSA) is 98.8 Å². The number of fused-ring (bicyclic) bond motifs is 4. The third-order valence-electron chi connectivity index (χ3n) is 4.87. The summed E-state index contributed by atoms with van der Waals surface area (Å²) >= 11 is 0. The molecule has 2 fully saturated rings. The summed E-state index contributed by atoms with van der Waals surface area (Å²) in [5, 5.41) is 10.5. The van der Waals surface area contributed by atoms with Crippen molar-refractivity contribution >= 4 is 5.78 Å². The van der Waals surface area contributed by atoms with Crippen molar-refractivity contribution in [3.8, 4) is 5.69 Å². The molecule has 2 aromatic rings. The number of epoxide rings is 1. The minimum Gasteiger partial charge on any atom is -0.388 e. The van der Waals surface area contributed by atoms with Crippen LogP contribution < -0.4 is 11.4 Å². The fraction of sp³-hybridized carbons (Fsp3) is 0.312. The van der Waals surface area contributed by atoms with Gasteiger partial charge in [0.05, 0.1) is 12.2 Å². The number of carbonyl (C=O) groups is 1. The average Bonchev–Trinajstić information content (AvgIpc) is 3.36. The molecule has 0 radical (unpaired) electrons. The van der Waals surface area contributed by atoms with Gasteiger partial charge in [-0.25, -0.2) is 23.5 Å². The molecule has 122 valence electrons. The van der Waals surface area contributed by atoms with Gasteiger partial charge in [-0.2, -0.15) is 0 Å². The minimum atomic E-state index is -1.03. The van der Waals surface area contributed by atoms with E-state index in [2.05, 4.69) is 0 Å². The Morgan fingerprint density at radius 1 is 1.08 bits per heavy atom. The fourth-order valence-electron chi connectivity index (χ4n) is 3.68. The second kappa shape index (κ2) is 4.43. The molecule has 24 heavy (non-hydrogen) atoms. The first-order chi connectivity index (χ1) is 11.6. The lowest BCUT2D eigenvalue weighted by molar-refractivity contribution is -0.118.